The summed E-state index contributed by atoms with van der Waals surface area (Å²) in [7, 11) is 0. The largest absolute Gasteiger partial charge is 0.466 e. The molecule has 6 N–H and O–H groups in total. The first kappa shape index (κ1) is 63.6. The Morgan fingerprint density at radius 2 is 0.971 bits per heavy atom. The van der Waals surface area contributed by atoms with E-state index in [-0.39, 0.29) is 18.5 Å². The number of carbonyl (C=O) groups is 2. The number of carbonyl (C=O) groups excluding carboxylic acids is 2. The highest BCUT2D eigenvalue weighted by Gasteiger charge is 2.44. The van der Waals surface area contributed by atoms with Crippen molar-refractivity contribution < 1.29 is 49.3 Å². The van der Waals surface area contributed by atoms with E-state index in [1.807, 2.05) is 6.08 Å². The fraction of sp³-hybridized carbons (Fsp3) is 0.825. The van der Waals surface area contributed by atoms with Crippen LogP contribution in [0.2, 0.25) is 0 Å². The first-order valence-electron chi connectivity index (χ1n) is 27.9. The number of hydrogen-bond donors (Lipinski definition) is 6. The molecule has 0 aromatic carbocycles. The van der Waals surface area contributed by atoms with Crippen LogP contribution in [0, 0.1) is 0 Å². The van der Waals surface area contributed by atoms with Crippen molar-refractivity contribution in [3.05, 3.63) is 48.6 Å². The van der Waals surface area contributed by atoms with Crippen molar-refractivity contribution >= 4 is 11.9 Å². The number of aliphatic hydroxyl groups is 5. The van der Waals surface area contributed by atoms with Crippen LogP contribution in [0.4, 0.5) is 0 Å². The Hall–Kier alpha value is -2.38. The van der Waals surface area contributed by atoms with Gasteiger partial charge >= 0.3 is 5.97 Å². The van der Waals surface area contributed by atoms with Crippen molar-refractivity contribution in [2.75, 3.05) is 19.8 Å². The van der Waals surface area contributed by atoms with Crippen LogP contribution in [0.5, 0.6) is 0 Å². The van der Waals surface area contributed by atoms with Gasteiger partial charge in [-0.05, 0) is 77.0 Å². The van der Waals surface area contributed by atoms with Crippen LogP contribution < -0.4 is 5.32 Å². The number of allylic oxidation sites excluding steroid dienone is 7. The van der Waals surface area contributed by atoms with Gasteiger partial charge in [0, 0.05) is 12.8 Å². The lowest BCUT2D eigenvalue weighted by atomic mass is 9.99. The van der Waals surface area contributed by atoms with Gasteiger partial charge in [0.05, 0.1) is 32.0 Å². The number of amides is 1. The molecule has 0 bridgehead atoms. The van der Waals surface area contributed by atoms with Crippen molar-refractivity contribution in [3.8, 4) is 0 Å². The molecule has 1 aliphatic heterocycles. The van der Waals surface area contributed by atoms with Gasteiger partial charge in [0.2, 0.25) is 5.91 Å². The molecule has 1 saturated heterocycles. The van der Waals surface area contributed by atoms with Gasteiger partial charge in [-0.25, -0.2) is 0 Å². The fourth-order valence-electron chi connectivity index (χ4n) is 8.39. The van der Waals surface area contributed by atoms with E-state index in [1.165, 1.54) is 128 Å². The summed E-state index contributed by atoms with van der Waals surface area (Å²) in [6, 6.07) is -0.843. The first-order chi connectivity index (χ1) is 33.2. The van der Waals surface area contributed by atoms with Crippen molar-refractivity contribution in [2.45, 2.75) is 281 Å². The van der Waals surface area contributed by atoms with E-state index in [0.717, 1.165) is 83.5 Å². The molecule has 1 rings (SSSR count). The Morgan fingerprint density at radius 3 is 1.50 bits per heavy atom. The van der Waals surface area contributed by atoms with Crippen LogP contribution in [0.1, 0.15) is 239 Å². The van der Waals surface area contributed by atoms with Gasteiger partial charge in [-0.15, -0.1) is 0 Å². The van der Waals surface area contributed by atoms with Crippen LogP contribution in [0.3, 0.4) is 0 Å². The molecular formula is C57H103NO10. The highest BCUT2D eigenvalue weighted by molar-refractivity contribution is 5.76. The maximum absolute atomic E-state index is 13.0. The minimum atomic E-state index is -1.58. The molecule has 68 heavy (non-hydrogen) atoms. The zero-order chi connectivity index (χ0) is 49.6. The highest BCUT2D eigenvalue weighted by atomic mass is 16.7. The molecule has 0 spiro atoms. The molecule has 0 aromatic heterocycles. The molecule has 7 atom stereocenters. The lowest BCUT2D eigenvalue weighted by molar-refractivity contribution is -0.302. The molecule has 1 amide bonds. The molecule has 0 aromatic rings. The standard InChI is InChI=1S/C57H103NO10/c1-3-5-7-9-11-13-15-16-17-20-24-27-31-35-39-43-50(60)49(48-67-57-56(65)55(64)54(63)51(47-59)68-57)58-52(61)44-40-36-32-28-25-21-18-19-22-26-30-34-38-42-46-66-53(62)45-41-37-33-29-23-14-12-10-8-6-4-2/h10,12,15-16,24,27,39,43,49-51,54-57,59-60,63-65H,3-9,11,13-14,17-23,25-26,28-38,40-42,44-48H2,1-2H3,(H,58,61)/b12-10-,16-15+,27-24+,43-39+. The summed E-state index contributed by atoms with van der Waals surface area (Å²) < 4.78 is 16.7. The van der Waals surface area contributed by atoms with E-state index >= 15 is 0 Å². The van der Waals surface area contributed by atoms with Crippen LogP contribution in [0.15, 0.2) is 48.6 Å². The van der Waals surface area contributed by atoms with Crippen molar-refractivity contribution in [1.82, 2.24) is 5.32 Å². The Morgan fingerprint density at radius 1 is 0.529 bits per heavy atom. The van der Waals surface area contributed by atoms with Gasteiger partial charge in [-0.1, -0.05) is 197 Å². The topological polar surface area (TPSA) is 175 Å². The smallest absolute Gasteiger partial charge is 0.305 e. The zero-order valence-electron chi connectivity index (χ0n) is 43.3. The molecule has 0 aliphatic carbocycles. The van der Waals surface area contributed by atoms with Crippen molar-refractivity contribution in [3.63, 3.8) is 0 Å². The number of hydrogen-bond acceptors (Lipinski definition) is 10. The summed E-state index contributed by atoms with van der Waals surface area (Å²) in [5.41, 5.74) is 0. The number of unbranched alkanes of at least 4 members (excludes halogenated alkanes) is 27. The Kier molecular flexibility index (Phi) is 44.0. The third-order valence-electron chi connectivity index (χ3n) is 12.9. The van der Waals surface area contributed by atoms with Crippen LogP contribution in [0.25, 0.3) is 0 Å². The average Bonchev–Trinajstić information content (AvgIpc) is 3.33. The molecule has 1 heterocycles. The average molecular weight is 962 g/mol. The second-order valence-electron chi connectivity index (χ2n) is 19.3. The van der Waals surface area contributed by atoms with E-state index in [1.54, 1.807) is 6.08 Å². The predicted molar refractivity (Wildman–Crippen MR) is 278 cm³/mol. The number of esters is 1. The maximum atomic E-state index is 13.0. The summed E-state index contributed by atoms with van der Waals surface area (Å²) in [6.45, 7) is 4.22. The van der Waals surface area contributed by atoms with Crippen molar-refractivity contribution in [2.24, 2.45) is 0 Å². The Labute approximate surface area is 415 Å². The van der Waals surface area contributed by atoms with Crippen LogP contribution in [-0.2, 0) is 23.8 Å². The predicted octanol–water partition coefficient (Wildman–Crippen LogP) is 12.1. The molecule has 7 unspecified atom stereocenters. The zero-order valence-corrected chi connectivity index (χ0v) is 43.3. The highest BCUT2D eigenvalue weighted by Crippen LogP contribution is 2.23. The van der Waals surface area contributed by atoms with Gasteiger partial charge < -0.3 is 45.1 Å². The summed E-state index contributed by atoms with van der Waals surface area (Å²) in [5.74, 6) is -0.244. The lowest BCUT2D eigenvalue weighted by Crippen LogP contribution is -2.60. The summed E-state index contributed by atoms with van der Waals surface area (Å²) in [5, 5.41) is 54.3. The van der Waals surface area contributed by atoms with Gasteiger partial charge in [0.1, 0.15) is 24.4 Å². The van der Waals surface area contributed by atoms with E-state index in [9.17, 15) is 35.1 Å². The van der Waals surface area contributed by atoms with E-state index in [4.69, 9.17) is 14.2 Å². The van der Waals surface area contributed by atoms with Crippen LogP contribution >= 0.6 is 0 Å². The molecule has 11 heteroatoms. The number of rotatable bonds is 47. The van der Waals surface area contributed by atoms with Crippen LogP contribution in [-0.4, -0.2) is 100 Å². The molecule has 396 valence electrons. The fourth-order valence-corrected chi connectivity index (χ4v) is 8.39. The van der Waals surface area contributed by atoms with Gasteiger partial charge in [-0.3, -0.25) is 9.59 Å². The molecule has 11 nitrogen and oxygen atoms in total. The van der Waals surface area contributed by atoms with Gasteiger partial charge in [-0.2, -0.15) is 0 Å². The monoisotopic (exact) mass is 962 g/mol. The summed E-state index contributed by atoms with van der Waals surface area (Å²) in [4.78, 5) is 25.0. The molecule has 1 fully saturated rings. The quantitative estimate of drug-likeness (QED) is 0.0196. The maximum Gasteiger partial charge on any atom is 0.305 e. The van der Waals surface area contributed by atoms with E-state index in [0.29, 0.717) is 19.4 Å². The second-order valence-corrected chi connectivity index (χ2v) is 19.3. The molecular weight excluding hydrogens is 859 g/mol. The Balaban J connectivity index is 2.20. The Bertz CT molecular complexity index is 1270. The minimum absolute atomic E-state index is 0.0360. The minimum Gasteiger partial charge on any atom is -0.466 e. The first-order valence-corrected chi connectivity index (χ1v) is 27.9. The van der Waals surface area contributed by atoms with Gasteiger partial charge in [0.15, 0.2) is 6.29 Å². The molecule has 0 radical (unpaired) electrons. The third kappa shape index (κ3) is 36.5. The van der Waals surface area contributed by atoms with Crippen molar-refractivity contribution in [1.29, 1.82) is 0 Å². The summed E-state index contributed by atoms with van der Waals surface area (Å²) in [6.07, 6.45) is 47.5. The number of ether oxygens (including phenoxy) is 3. The number of nitrogens with one attached hydrogen (secondary N) is 1. The summed E-state index contributed by atoms with van der Waals surface area (Å²) >= 11 is 0. The van der Waals surface area contributed by atoms with E-state index in [2.05, 4.69) is 55.6 Å². The van der Waals surface area contributed by atoms with E-state index < -0.39 is 49.5 Å². The third-order valence-corrected chi connectivity index (χ3v) is 12.9. The lowest BCUT2D eigenvalue weighted by Gasteiger charge is -2.40. The SMILES string of the molecule is CCCC/C=C\CCCCCCCC(=O)OCCCCCCCCCCCCCCCCC(=O)NC(COC1OC(CO)C(O)C(O)C1O)C(O)/C=C/CC/C=C/CC/C=C/CCCCCCC. The number of aliphatic hydroxyl groups excluding tert-OH is 5. The van der Waals surface area contributed by atoms with Gasteiger partial charge in [0.25, 0.3) is 0 Å². The second kappa shape index (κ2) is 47.0. The molecule has 1 aliphatic rings. The normalized spacial score (nSPS) is 19.8. The molecule has 0 saturated carbocycles.